The van der Waals surface area contributed by atoms with Crippen molar-refractivity contribution in [3.05, 3.63) is 34.5 Å². The van der Waals surface area contributed by atoms with Crippen molar-refractivity contribution in [2.45, 2.75) is 18.7 Å². The third-order valence-electron chi connectivity index (χ3n) is 2.42. The molecule has 2 aromatic rings. The number of sulfonamides is 1. The normalized spacial score (nSPS) is 11.4. The van der Waals surface area contributed by atoms with Crippen LogP contribution in [0.5, 0.6) is 0 Å². The van der Waals surface area contributed by atoms with E-state index in [4.69, 9.17) is 21.1 Å². The molecule has 0 radical (unpaired) electrons. The van der Waals surface area contributed by atoms with Gasteiger partial charge < -0.3 is 9.52 Å². The van der Waals surface area contributed by atoms with Gasteiger partial charge in [0, 0.05) is 11.8 Å². The van der Waals surface area contributed by atoms with E-state index in [9.17, 15) is 13.2 Å². The van der Waals surface area contributed by atoms with Gasteiger partial charge >= 0.3 is 5.97 Å². The molecule has 2 aromatic heterocycles. The highest BCUT2D eigenvalue weighted by molar-refractivity contribution is 7.92. The van der Waals surface area contributed by atoms with Gasteiger partial charge in [-0.2, -0.15) is 0 Å². The highest BCUT2D eigenvalue weighted by Crippen LogP contribution is 2.22. The number of hydrogen-bond donors (Lipinski definition) is 2. The SMILES string of the molecule is Cc1cc(Cl)nc(NS(=O)(=O)c2cc(C(=O)O)oc2C)n1. The number of carbonyl (C=O) groups is 1. The molecule has 2 rings (SSSR count). The van der Waals surface area contributed by atoms with Crippen LogP contribution in [0.2, 0.25) is 5.15 Å². The summed E-state index contributed by atoms with van der Waals surface area (Å²) in [5.74, 6) is -2.11. The van der Waals surface area contributed by atoms with Gasteiger partial charge in [0.05, 0.1) is 0 Å². The molecule has 0 atom stereocenters. The second-order valence-corrected chi connectivity index (χ2v) is 6.14. The van der Waals surface area contributed by atoms with Crippen LogP contribution in [0.3, 0.4) is 0 Å². The number of hydrogen-bond acceptors (Lipinski definition) is 6. The summed E-state index contributed by atoms with van der Waals surface area (Å²) in [4.78, 5) is 18.1. The molecule has 2 N–H and O–H groups in total. The van der Waals surface area contributed by atoms with Crippen LogP contribution in [0.25, 0.3) is 0 Å². The standard InChI is InChI=1S/C11H10ClN3O5S/c1-5-3-9(12)14-11(13-5)15-21(18,19)8-4-7(10(16)17)20-6(8)2/h3-4H,1-2H3,(H,16,17)(H,13,14,15). The second-order valence-electron chi connectivity index (χ2n) is 4.10. The van der Waals surface area contributed by atoms with Gasteiger partial charge in [0.15, 0.2) is 0 Å². The number of anilines is 1. The highest BCUT2D eigenvalue weighted by Gasteiger charge is 2.24. The third kappa shape index (κ3) is 3.31. The van der Waals surface area contributed by atoms with Crippen LogP contribution in [0.1, 0.15) is 22.0 Å². The van der Waals surface area contributed by atoms with Crippen molar-refractivity contribution >= 4 is 33.5 Å². The number of rotatable bonds is 4. The molecule has 10 heteroatoms. The van der Waals surface area contributed by atoms with Crippen molar-refractivity contribution in [1.82, 2.24) is 9.97 Å². The fourth-order valence-corrected chi connectivity index (χ4v) is 2.95. The largest absolute Gasteiger partial charge is 0.475 e. The average Bonchev–Trinajstić information content (AvgIpc) is 2.70. The Balaban J connectivity index is 2.40. The van der Waals surface area contributed by atoms with Crippen molar-refractivity contribution in [2.24, 2.45) is 0 Å². The van der Waals surface area contributed by atoms with Crippen molar-refractivity contribution < 1.29 is 22.7 Å². The Hall–Kier alpha value is -2.13. The van der Waals surface area contributed by atoms with E-state index in [0.29, 0.717) is 5.69 Å². The molecular formula is C11H10ClN3O5S. The molecule has 0 saturated heterocycles. The average molecular weight is 332 g/mol. The fourth-order valence-electron chi connectivity index (χ4n) is 1.59. The predicted molar refractivity (Wildman–Crippen MR) is 73.0 cm³/mol. The molecule has 0 bridgehead atoms. The minimum atomic E-state index is -4.08. The lowest BCUT2D eigenvalue weighted by molar-refractivity contribution is 0.0661. The summed E-state index contributed by atoms with van der Waals surface area (Å²) in [5, 5.41) is 8.88. The summed E-state index contributed by atoms with van der Waals surface area (Å²) in [7, 11) is -4.08. The summed E-state index contributed by atoms with van der Waals surface area (Å²) >= 11 is 5.72. The van der Waals surface area contributed by atoms with Crippen LogP contribution < -0.4 is 4.72 Å². The minimum Gasteiger partial charge on any atom is -0.475 e. The first-order chi connectivity index (χ1) is 9.69. The van der Waals surface area contributed by atoms with Crippen LogP contribution in [-0.2, 0) is 10.0 Å². The van der Waals surface area contributed by atoms with Crippen LogP contribution in [0, 0.1) is 13.8 Å². The van der Waals surface area contributed by atoms with Crippen LogP contribution in [0.15, 0.2) is 21.4 Å². The molecule has 8 nitrogen and oxygen atoms in total. The fraction of sp³-hybridized carbons (Fsp3) is 0.182. The molecular weight excluding hydrogens is 322 g/mol. The lowest BCUT2D eigenvalue weighted by Crippen LogP contribution is -2.15. The van der Waals surface area contributed by atoms with Gasteiger partial charge in [-0.3, -0.25) is 0 Å². The van der Waals surface area contributed by atoms with E-state index in [1.165, 1.54) is 13.0 Å². The molecule has 0 aliphatic rings. The lowest BCUT2D eigenvalue weighted by atomic mass is 10.4. The maximum absolute atomic E-state index is 12.2. The first-order valence-electron chi connectivity index (χ1n) is 5.57. The lowest BCUT2D eigenvalue weighted by Gasteiger charge is -2.06. The Morgan fingerprint density at radius 2 is 2.00 bits per heavy atom. The number of nitrogens with zero attached hydrogens (tertiary/aromatic N) is 2. The van der Waals surface area contributed by atoms with Crippen LogP contribution in [0.4, 0.5) is 5.95 Å². The zero-order valence-corrected chi connectivity index (χ0v) is 12.5. The van der Waals surface area contributed by atoms with E-state index in [1.807, 2.05) is 0 Å². The maximum atomic E-state index is 12.2. The summed E-state index contributed by atoms with van der Waals surface area (Å²) in [6.45, 7) is 2.96. The molecule has 0 aliphatic carbocycles. The van der Waals surface area contributed by atoms with E-state index in [2.05, 4.69) is 14.7 Å². The summed E-state index contributed by atoms with van der Waals surface area (Å²) in [5.41, 5.74) is 0.475. The number of nitrogens with one attached hydrogen (secondary N) is 1. The number of aromatic carboxylic acids is 1. The van der Waals surface area contributed by atoms with Crippen molar-refractivity contribution in [3.8, 4) is 0 Å². The van der Waals surface area contributed by atoms with Gasteiger partial charge in [0.25, 0.3) is 10.0 Å². The van der Waals surface area contributed by atoms with E-state index in [1.54, 1.807) is 6.92 Å². The van der Waals surface area contributed by atoms with E-state index < -0.39 is 21.8 Å². The van der Waals surface area contributed by atoms with Crippen molar-refractivity contribution in [1.29, 1.82) is 0 Å². The zero-order chi connectivity index (χ0) is 15.8. The number of aromatic nitrogens is 2. The van der Waals surface area contributed by atoms with Gasteiger partial charge in [-0.1, -0.05) is 11.6 Å². The van der Waals surface area contributed by atoms with Crippen LogP contribution in [-0.4, -0.2) is 29.5 Å². The first kappa shape index (κ1) is 15.3. The topological polar surface area (TPSA) is 122 Å². The van der Waals surface area contributed by atoms with Crippen molar-refractivity contribution in [2.75, 3.05) is 4.72 Å². The molecule has 0 unspecified atom stereocenters. The van der Waals surface area contributed by atoms with Gasteiger partial charge in [0.2, 0.25) is 11.7 Å². The number of carboxylic acid groups (broad SMARTS) is 1. The molecule has 21 heavy (non-hydrogen) atoms. The monoisotopic (exact) mass is 331 g/mol. The molecule has 112 valence electrons. The molecule has 2 heterocycles. The molecule has 0 aliphatic heterocycles. The molecule has 0 amide bonds. The number of aryl methyl sites for hydroxylation is 2. The summed E-state index contributed by atoms with van der Waals surface area (Å²) < 4.78 is 31.4. The van der Waals surface area contributed by atoms with E-state index in [0.717, 1.165) is 6.07 Å². The van der Waals surface area contributed by atoms with Crippen LogP contribution >= 0.6 is 11.6 Å². The number of halogens is 1. The molecule has 0 fully saturated rings. The highest BCUT2D eigenvalue weighted by atomic mass is 35.5. The Kier molecular flexibility index (Phi) is 3.88. The number of carboxylic acids is 1. The Morgan fingerprint density at radius 1 is 1.33 bits per heavy atom. The van der Waals surface area contributed by atoms with Gasteiger partial charge in [-0.15, -0.1) is 0 Å². The number of furan rings is 1. The Morgan fingerprint density at radius 3 is 2.52 bits per heavy atom. The van der Waals surface area contributed by atoms with Crippen molar-refractivity contribution in [3.63, 3.8) is 0 Å². The second kappa shape index (κ2) is 5.34. The summed E-state index contributed by atoms with van der Waals surface area (Å²) in [6.07, 6.45) is 0. The smallest absolute Gasteiger partial charge is 0.371 e. The molecule has 0 saturated carbocycles. The van der Waals surface area contributed by atoms with E-state index in [-0.39, 0.29) is 21.8 Å². The van der Waals surface area contributed by atoms with Gasteiger partial charge in [-0.05, 0) is 19.9 Å². The van der Waals surface area contributed by atoms with Gasteiger partial charge in [0.1, 0.15) is 15.8 Å². The minimum absolute atomic E-state index is 0.0568. The predicted octanol–water partition coefficient (Wildman–Crippen LogP) is 1.84. The zero-order valence-electron chi connectivity index (χ0n) is 10.9. The summed E-state index contributed by atoms with van der Waals surface area (Å²) in [6, 6.07) is 2.38. The quantitative estimate of drug-likeness (QED) is 0.819. The Bertz CT molecular complexity index is 795. The Labute approximate surface area is 124 Å². The van der Waals surface area contributed by atoms with E-state index >= 15 is 0 Å². The maximum Gasteiger partial charge on any atom is 0.371 e. The van der Waals surface area contributed by atoms with Gasteiger partial charge in [-0.25, -0.2) is 27.9 Å². The third-order valence-corrected chi connectivity index (χ3v) is 4.05. The first-order valence-corrected chi connectivity index (χ1v) is 7.43. The molecule has 0 spiro atoms. The molecule has 0 aromatic carbocycles.